The minimum atomic E-state index is -4.24. The average Bonchev–Trinajstić information content (AvgIpc) is 3.33. The molecule has 2 aromatic carbocycles. The maximum Gasteiger partial charge on any atom is 0.412 e. The Balaban J connectivity index is 1.71. The number of hydrogen-bond donors (Lipinski definition) is 3. The molecular weight excluding hydrogens is 482 g/mol. The molecule has 0 saturated carbocycles. The first-order valence-electron chi connectivity index (χ1n) is 10.0. The van der Waals surface area contributed by atoms with Gasteiger partial charge in [-0.25, -0.2) is 18.7 Å². The molecule has 0 radical (unpaired) electrons. The Morgan fingerprint density at radius 2 is 1.79 bits per heavy atom. The number of methoxy groups -OCH3 is 1. The lowest BCUT2D eigenvalue weighted by molar-refractivity contribution is -0.137. The van der Waals surface area contributed by atoms with Crippen LogP contribution in [0.5, 0.6) is 5.75 Å². The van der Waals surface area contributed by atoms with Crippen LogP contribution in [0.4, 0.5) is 10.5 Å². The number of nitrogens with zero attached hydrogens (tertiary/aromatic N) is 1. The largest absolute Gasteiger partial charge is 0.497 e. The van der Waals surface area contributed by atoms with Crippen molar-refractivity contribution >= 4 is 39.0 Å². The molecule has 0 aliphatic carbocycles. The van der Waals surface area contributed by atoms with Crippen LogP contribution in [-0.4, -0.2) is 43.1 Å². The van der Waals surface area contributed by atoms with Crippen LogP contribution in [0.3, 0.4) is 0 Å². The predicted molar refractivity (Wildman–Crippen MR) is 123 cm³/mol. The maximum atomic E-state index is 13.5. The molecule has 0 saturated heterocycles. The molecule has 1 aliphatic rings. The van der Waals surface area contributed by atoms with Gasteiger partial charge in [-0.2, -0.15) is 15.6 Å². The van der Waals surface area contributed by atoms with Crippen molar-refractivity contribution in [3.05, 3.63) is 76.5 Å². The molecule has 1 aromatic heterocycles. The van der Waals surface area contributed by atoms with Gasteiger partial charge in [-0.05, 0) is 52.7 Å². The van der Waals surface area contributed by atoms with E-state index in [4.69, 9.17) is 9.47 Å². The van der Waals surface area contributed by atoms with Crippen molar-refractivity contribution in [2.24, 2.45) is 0 Å². The minimum Gasteiger partial charge on any atom is -0.497 e. The van der Waals surface area contributed by atoms with Crippen LogP contribution in [0.1, 0.15) is 17.2 Å². The molecule has 1 aliphatic heterocycles. The summed E-state index contributed by atoms with van der Waals surface area (Å²) in [5.41, 5.74) is 3.04. The summed E-state index contributed by atoms with van der Waals surface area (Å²) in [5, 5.41) is 15.4. The van der Waals surface area contributed by atoms with Crippen molar-refractivity contribution in [3.8, 4) is 5.75 Å². The summed E-state index contributed by atoms with van der Waals surface area (Å²) < 4.78 is 38.7. The molecule has 0 fully saturated rings. The molecule has 4 rings (SSSR count). The van der Waals surface area contributed by atoms with E-state index in [0.717, 1.165) is 4.31 Å². The molecule has 0 bridgehead atoms. The summed E-state index contributed by atoms with van der Waals surface area (Å²) in [4.78, 5) is 25.3. The van der Waals surface area contributed by atoms with Gasteiger partial charge in [-0.15, -0.1) is 0 Å². The third kappa shape index (κ3) is 4.61. The highest BCUT2D eigenvalue weighted by atomic mass is 32.2. The Morgan fingerprint density at radius 1 is 1.09 bits per heavy atom. The van der Waals surface area contributed by atoms with E-state index in [1.54, 1.807) is 41.1 Å². The van der Waals surface area contributed by atoms with Crippen LogP contribution < -0.4 is 15.5 Å². The summed E-state index contributed by atoms with van der Waals surface area (Å²) in [6, 6.07) is 12.6. The Bertz CT molecular complexity index is 1280. The second kappa shape index (κ2) is 9.81. The van der Waals surface area contributed by atoms with Gasteiger partial charge in [0.15, 0.2) is 6.10 Å². The lowest BCUT2D eigenvalue weighted by Gasteiger charge is -2.38. The summed E-state index contributed by atoms with van der Waals surface area (Å²) in [6.45, 7) is -0.147. The van der Waals surface area contributed by atoms with Crippen molar-refractivity contribution in [3.63, 3.8) is 0 Å². The number of benzene rings is 2. The fourth-order valence-electron chi connectivity index (χ4n) is 3.66. The van der Waals surface area contributed by atoms with Gasteiger partial charge in [-0.1, -0.05) is 18.2 Å². The molecular formula is C22H21N3O7S2. The zero-order valence-electron chi connectivity index (χ0n) is 17.9. The van der Waals surface area contributed by atoms with Crippen molar-refractivity contribution in [1.29, 1.82) is 0 Å². The first kappa shape index (κ1) is 23.7. The van der Waals surface area contributed by atoms with Gasteiger partial charge in [0.1, 0.15) is 11.8 Å². The fourth-order valence-corrected chi connectivity index (χ4v) is 6.10. The molecule has 2 atom stereocenters. The van der Waals surface area contributed by atoms with Crippen molar-refractivity contribution < 1.29 is 32.7 Å². The Morgan fingerprint density at radius 3 is 2.44 bits per heavy atom. The second-order valence-corrected chi connectivity index (χ2v) is 9.95. The third-order valence-corrected chi connectivity index (χ3v) is 7.96. The van der Waals surface area contributed by atoms with E-state index in [0.29, 0.717) is 22.6 Å². The van der Waals surface area contributed by atoms with E-state index in [-0.39, 0.29) is 11.4 Å². The number of carbonyl (C=O) groups excluding carboxylic acids is 2. The molecule has 10 nitrogen and oxygen atoms in total. The van der Waals surface area contributed by atoms with Gasteiger partial charge in [0, 0.05) is 17.8 Å². The van der Waals surface area contributed by atoms with Gasteiger partial charge in [0.2, 0.25) is 10.0 Å². The van der Waals surface area contributed by atoms with Crippen LogP contribution in [0, 0.1) is 0 Å². The number of para-hydroxylation sites is 1. The second-order valence-electron chi connectivity index (χ2n) is 7.32. The number of hydroxylamine groups is 1. The van der Waals surface area contributed by atoms with E-state index < -0.39 is 34.2 Å². The van der Waals surface area contributed by atoms with Crippen molar-refractivity contribution in [2.45, 2.75) is 23.6 Å². The summed E-state index contributed by atoms with van der Waals surface area (Å²) in [7, 11) is -2.79. The number of anilines is 1. The zero-order valence-corrected chi connectivity index (χ0v) is 19.5. The topological polar surface area (TPSA) is 134 Å². The van der Waals surface area contributed by atoms with Gasteiger partial charge in [0.05, 0.1) is 12.0 Å². The zero-order chi connectivity index (χ0) is 24.3. The monoisotopic (exact) mass is 503 g/mol. The van der Waals surface area contributed by atoms with Crippen LogP contribution >= 0.6 is 11.3 Å². The normalized spacial score (nSPS) is 17.9. The summed E-state index contributed by atoms with van der Waals surface area (Å²) in [5.74, 6) is -0.576. The molecule has 34 heavy (non-hydrogen) atoms. The highest BCUT2D eigenvalue weighted by Gasteiger charge is 2.48. The van der Waals surface area contributed by atoms with Gasteiger partial charge < -0.3 is 9.47 Å². The van der Waals surface area contributed by atoms with Crippen molar-refractivity contribution in [1.82, 2.24) is 9.79 Å². The van der Waals surface area contributed by atoms with Gasteiger partial charge >= 0.3 is 6.09 Å². The number of carbonyl (C=O) groups is 2. The maximum absolute atomic E-state index is 13.5. The number of amides is 2. The van der Waals surface area contributed by atoms with E-state index in [1.807, 2.05) is 0 Å². The Hall–Kier alpha value is -3.45. The number of fused-ring (bicyclic) bond motifs is 1. The fraction of sp³-hybridized carbons (Fsp3) is 0.182. The highest BCUT2D eigenvalue weighted by molar-refractivity contribution is 7.89. The molecule has 0 spiro atoms. The SMILES string of the molecule is COc1ccc(S(=O)(=O)N2Cc3cscc3C(OC(=O)Nc3ccccc3)C2C(=O)NO)cc1. The number of thiophene rings is 1. The highest BCUT2D eigenvalue weighted by Crippen LogP contribution is 2.39. The van der Waals surface area contributed by atoms with E-state index in [2.05, 4.69) is 5.32 Å². The van der Waals surface area contributed by atoms with Crippen LogP contribution in [0.25, 0.3) is 0 Å². The summed E-state index contributed by atoms with van der Waals surface area (Å²) in [6.07, 6.45) is -2.19. The van der Waals surface area contributed by atoms with Crippen LogP contribution in [-0.2, 0) is 26.1 Å². The lowest BCUT2D eigenvalue weighted by atomic mass is 9.96. The molecule has 2 amide bonds. The molecule has 3 N–H and O–H groups in total. The third-order valence-electron chi connectivity index (χ3n) is 5.30. The van der Waals surface area contributed by atoms with Crippen LogP contribution in [0.15, 0.2) is 70.3 Å². The quantitative estimate of drug-likeness (QED) is 0.348. The number of sulfonamides is 1. The molecule has 178 valence electrons. The number of nitrogens with one attached hydrogen (secondary N) is 2. The van der Waals surface area contributed by atoms with E-state index in [1.165, 1.54) is 48.2 Å². The smallest absolute Gasteiger partial charge is 0.412 e. The molecule has 2 heterocycles. The lowest BCUT2D eigenvalue weighted by Crippen LogP contribution is -2.54. The average molecular weight is 504 g/mol. The summed E-state index contributed by atoms with van der Waals surface area (Å²) >= 11 is 1.28. The predicted octanol–water partition coefficient (Wildman–Crippen LogP) is 3.12. The molecule has 2 unspecified atom stereocenters. The first-order chi connectivity index (χ1) is 16.3. The van der Waals surface area contributed by atoms with Gasteiger partial charge in [-0.3, -0.25) is 15.3 Å². The van der Waals surface area contributed by atoms with E-state index >= 15 is 0 Å². The Labute approximate surface area is 199 Å². The van der Waals surface area contributed by atoms with Crippen LogP contribution in [0.2, 0.25) is 0 Å². The number of rotatable bonds is 6. The standard InChI is InChI=1S/C22H21N3O7S2/c1-31-16-7-9-17(10-8-16)34(29,30)25-11-14-12-33-13-18(14)20(19(25)21(26)24-28)32-22(27)23-15-5-3-2-4-6-15/h2-10,12-13,19-20,28H,11H2,1H3,(H,23,27)(H,24,26). The number of hydrogen-bond acceptors (Lipinski definition) is 8. The van der Waals surface area contributed by atoms with E-state index in [9.17, 15) is 23.2 Å². The van der Waals surface area contributed by atoms with Crippen molar-refractivity contribution in [2.75, 3.05) is 12.4 Å². The number of ether oxygens (including phenoxy) is 2. The Kier molecular flexibility index (Phi) is 6.84. The van der Waals surface area contributed by atoms with Gasteiger partial charge in [0.25, 0.3) is 5.91 Å². The first-order valence-corrected chi connectivity index (χ1v) is 12.4. The molecule has 3 aromatic rings. The molecule has 12 heteroatoms. The minimum absolute atomic E-state index is 0.0878.